The monoisotopic (exact) mass is 371 g/mol. The molecule has 1 fully saturated rings. The number of hydrogen-bond donors (Lipinski definition) is 0. The Morgan fingerprint density at radius 3 is 2.82 bits per heavy atom. The highest BCUT2D eigenvalue weighted by atomic mass is 16.3. The summed E-state index contributed by atoms with van der Waals surface area (Å²) >= 11 is 0. The van der Waals surface area contributed by atoms with Crippen LogP contribution >= 0.6 is 0 Å². The van der Waals surface area contributed by atoms with Crippen LogP contribution in [0.25, 0.3) is 33.3 Å². The summed E-state index contributed by atoms with van der Waals surface area (Å²) in [6, 6.07) is 11.2. The van der Waals surface area contributed by atoms with E-state index in [0.717, 1.165) is 24.1 Å². The van der Waals surface area contributed by atoms with Crippen molar-refractivity contribution < 1.29 is 9.21 Å². The molecular formula is C23H21N3O2. The molecule has 6 rings (SSSR count). The molecule has 28 heavy (non-hydrogen) atoms. The summed E-state index contributed by atoms with van der Waals surface area (Å²) in [6.45, 7) is 2.14. The Balaban J connectivity index is 1.64. The van der Waals surface area contributed by atoms with Crippen LogP contribution in [0.1, 0.15) is 28.8 Å². The van der Waals surface area contributed by atoms with Crippen LogP contribution in [-0.4, -0.2) is 39.9 Å². The number of carbonyl (C=O) groups is 1. The van der Waals surface area contributed by atoms with Crippen LogP contribution in [0.2, 0.25) is 0 Å². The maximum atomic E-state index is 12.3. The molecule has 3 heterocycles. The molecule has 1 unspecified atom stereocenters. The Morgan fingerprint density at radius 2 is 2.07 bits per heavy atom. The highest BCUT2D eigenvalue weighted by Crippen LogP contribution is 2.39. The number of carbonyl (C=O) groups excluding carboxylic acids is 1. The molecule has 1 aliphatic heterocycles. The quantitative estimate of drug-likeness (QED) is 0.539. The fourth-order valence-electron chi connectivity index (χ4n) is 4.86. The molecule has 2 aromatic heterocycles. The minimum atomic E-state index is 0.264. The number of nitrogens with zero attached hydrogens (tertiary/aromatic N) is 3. The van der Waals surface area contributed by atoms with Crippen LogP contribution in [-0.2, 0) is 13.0 Å². The van der Waals surface area contributed by atoms with Gasteiger partial charge in [-0.3, -0.25) is 4.79 Å². The maximum Gasteiger partial charge on any atom is 0.225 e. The third-order valence-electron chi connectivity index (χ3n) is 6.55. The van der Waals surface area contributed by atoms with Gasteiger partial charge in [-0.25, -0.2) is 4.98 Å². The molecule has 1 aliphatic carbocycles. The highest BCUT2D eigenvalue weighted by Gasteiger charge is 2.28. The topological polar surface area (TPSA) is 51.3 Å². The summed E-state index contributed by atoms with van der Waals surface area (Å²) in [4.78, 5) is 19.1. The Labute approximate surface area is 162 Å². The van der Waals surface area contributed by atoms with Gasteiger partial charge in [-0.05, 0) is 62.3 Å². The third kappa shape index (κ3) is 2.17. The normalized spacial score (nSPS) is 19.5. The molecule has 0 amide bonds. The molecule has 0 bridgehead atoms. The number of hydrogen-bond acceptors (Lipinski definition) is 4. The maximum absolute atomic E-state index is 12.3. The first-order chi connectivity index (χ1) is 13.7. The zero-order valence-corrected chi connectivity index (χ0v) is 15.8. The lowest BCUT2D eigenvalue weighted by Crippen LogP contribution is -2.46. The highest BCUT2D eigenvalue weighted by molar-refractivity contribution is 6.15. The summed E-state index contributed by atoms with van der Waals surface area (Å²) in [5.74, 6) is 0.894. The number of benzene rings is 2. The number of aromatic nitrogens is 2. The molecule has 0 N–H and O–H groups in total. The van der Waals surface area contributed by atoms with Crippen molar-refractivity contribution in [3.8, 4) is 11.5 Å². The van der Waals surface area contributed by atoms with Crippen LogP contribution in [0.3, 0.4) is 0 Å². The van der Waals surface area contributed by atoms with E-state index in [4.69, 9.17) is 4.42 Å². The van der Waals surface area contributed by atoms with Gasteiger partial charge in [0.25, 0.3) is 0 Å². The van der Waals surface area contributed by atoms with Crippen molar-refractivity contribution in [3.63, 3.8) is 0 Å². The van der Waals surface area contributed by atoms with Crippen molar-refractivity contribution in [1.82, 2.24) is 14.5 Å². The summed E-state index contributed by atoms with van der Waals surface area (Å²) in [6.07, 6.45) is 5.95. The molecule has 4 aromatic rings. The van der Waals surface area contributed by atoms with E-state index >= 15 is 0 Å². The number of rotatable bonds is 3. The molecule has 0 spiro atoms. The fourth-order valence-corrected chi connectivity index (χ4v) is 4.86. The number of oxazole rings is 1. The van der Waals surface area contributed by atoms with Crippen LogP contribution in [0.15, 0.2) is 47.2 Å². The first kappa shape index (κ1) is 16.1. The lowest BCUT2D eigenvalue weighted by Gasteiger charge is -2.38. The molecule has 0 saturated carbocycles. The Bertz CT molecular complexity index is 1240. The molecule has 2 aromatic carbocycles. The smallest absolute Gasteiger partial charge is 0.225 e. The van der Waals surface area contributed by atoms with E-state index < -0.39 is 0 Å². The van der Waals surface area contributed by atoms with Gasteiger partial charge in [0.05, 0.1) is 6.20 Å². The lowest BCUT2D eigenvalue weighted by atomic mass is 10.0. The van der Waals surface area contributed by atoms with Crippen molar-refractivity contribution in [3.05, 3.63) is 53.9 Å². The fraction of sp³-hybridized carbons (Fsp3) is 0.304. The largest absolute Gasteiger partial charge is 0.445 e. The van der Waals surface area contributed by atoms with Crippen molar-refractivity contribution in [1.29, 1.82) is 0 Å². The van der Waals surface area contributed by atoms with E-state index in [1.54, 1.807) is 12.5 Å². The Kier molecular flexibility index (Phi) is 3.32. The van der Waals surface area contributed by atoms with E-state index in [9.17, 15) is 4.79 Å². The summed E-state index contributed by atoms with van der Waals surface area (Å²) < 4.78 is 7.96. The SMILES string of the molecule is CN1CCC1Cn1c2ccc(-c3ncco3)cc2c2c3c(ccc21)C(=O)CC3. The van der Waals surface area contributed by atoms with Gasteiger partial charge >= 0.3 is 0 Å². The number of ketones is 1. The predicted molar refractivity (Wildman–Crippen MR) is 109 cm³/mol. The van der Waals surface area contributed by atoms with Crippen molar-refractivity contribution >= 4 is 27.6 Å². The zero-order chi connectivity index (χ0) is 18.8. The van der Waals surface area contributed by atoms with Crippen molar-refractivity contribution in [2.24, 2.45) is 0 Å². The zero-order valence-electron chi connectivity index (χ0n) is 15.8. The second-order valence-electron chi connectivity index (χ2n) is 8.01. The molecule has 5 heteroatoms. The molecule has 5 nitrogen and oxygen atoms in total. The number of likely N-dealkylation sites (tertiary alicyclic amines) is 1. The van der Waals surface area contributed by atoms with Gasteiger partial charge in [0, 0.05) is 51.9 Å². The first-order valence-electron chi connectivity index (χ1n) is 9.92. The summed E-state index contributed by atoms with van der Waals surface area (Å²) in [5, 5.41) is 2.42. The number of Topliss-reactive ketones (excluding diaryl/α,β-unsaturated/α-hetero) is 1. The van der Waals surface area contributed by atoms with Gasteiger partial charge in [-0.1, -0.05) is 0 Å². The average Bonchev–Trinajstić information content (AvgIpc) is 3.43. The van der Waals surface area contributed by atoms with E-state index in [1.807, 2.05) is 6.07 Å². The molecule has 1 atom stereocenters. The Morgan fingerprint density at radius 1 is 1.18 bits per heavy atom. The lowest BCUT2D eigenvalue weighted by molar-refractivity contribution is 0.0994. The van der Waals surface area contributed by atoms with E-state index in [1.165, 1.54) is 40.3 Å². The molecule has 0 radical (unpaired) electrons. The van der Waals surface area contributed by atoms with Gasteiger partial charge in [0.2, 0.25) is 5.89 Å². The van der Waals surface area contributed by atoms with Crippen LogP contribution in [0, 0.1) is 0 Å². The summed E-state index contributed by atoms with van der Waals surface area (Å²) in [5.41, 5.74) is 5.53. The van der Waals surface area contributed by atoms with Crippen LogP contribution < -0.4 is 0 Å². The Hall–Kier alpha value is -2.92. The van der Waals surface area contributed by atoms with Crippen LogP contribution in [0.5, 0.6) is 0 Å². The summed E-state index contributed by atoms with van der Waals surface area (Å²) in [7, 11) is 2.19. The van der Waals surface area contributed by atoms with Gasteiger partial charge in [0.1, 0.15) is 6.26 Å². The first-order valence-corrected chi connectivity index (χ1v) is 9.92. The van der Waals surface area contributed by atoms with Gasteiger partial charge in [-0.15, -0.1) is 0 Å². The second kappa shape index (κ2) is 5.79. The van der Waals surface area contributed by atoms with Crippen LogP contribution in [0.4, 0.5) is 0 Å². The number of aryl methyl sites for hydroxylation is 1. The van der Waals surface area contributed by atoms with Gasteiger partial charge in [-0.2, -0.15) is 0 Å². The predicted octanol–water partition coefficient (Wildman–Crippen LogP) is 4.28. The molecule has 2 aliphatic rings. The second-order valence-corrected chi connectivity index (χ2v) is 8.01. The molecular weight excluding hydrogens is 350 g/mol. The van der Waals surface area contributed by atoms with E-state index in [2.05, 4.69) is 45.8 Å². The standard InChI is InChI=1S/C23H21N3O2/c1-25-10-8-15(25)13-26-19-5-2-14(23-24-9-11-28-23)12-18(19)22-17-4-7-21(27)16(17)3-6-20(22)26/h2-3,5-6,9,11-12,15H,4,7-8,10,13H2,1H3. The molecule has 140 valence electrons. The average molecular weight is 371 g/mol. The number of fused-ring (bicyclic) bond motifs is 5. The van der Waals surface area contributed by atoms with E-state index in [0.29, 0.717) is 18.4 Å². The minimum absolute atomic E-state index is 0.264. The number of likely N-dealkylation sites (N-methyl/N-ethyl adjacent to an activating group) is 1. The third-order valence-corrected chi connectivity index (χ3v) is 6.55. The van der Waals surface area contributed by atoms with Gasteiger partial charge in [0.15, 0.2) is 5.78 Å². The van der Waals surface area contributed by atoms with Crippen molar-refractivity contribution in [2.45, 2.75) is 31.8 Å². The van der Waals surface area contributed by atoms with E-state index in [-0.39, 0.29) is 5.78 Å². The van der Waals surface area contributed by atoms with Gasteiger partial charge < -0.3 is 13.9 Å². The van der Waals surface area contributed by atoms with Crippen molar-refractivity contribution in [2.75, 3.05) is 13.6 Å². The minimum Gasteiger partial charge on any atom is -0.445 e. The molecule has 1 saturated heterocycles.